The van der Waals surface area contributed by atoms with E-state index in [9.17, 15) is 22.0 Å². The van der Waals surface area contributed by atoms with Crippen LogP contribution in [0.2, 0.25) is 0 Å². The Kier molecular flexibility index (Phi) is 6.91. The molecule has 214 valence electrons. The zero-order valence-electron chi connectivity index (χ0n) is 21.3. The van der Waals surface area contributed by atoms with Crippen LogP contribution in [-0.2, 0) is 18.5 Å². The normalized spacial score (nSPS) is 22.6. The van der Waals surface area contributed by atoms with E-state index in [1.807, 2.05) is 0 Å². The number of carbonyl (C=O) groups excluding carboxylic acids is 1. The van der Waals surface area contributed by atoms with Crippen LogP contribution in [0, 0.1) is 51.7 Å². The third kappa shape index (κ3) is 4.26. The second-order valence-corrected chi connectivity index (χ2v) is 15.1. The van der Waals surface area contributed by atoms with Crippen LogP contribution in [0.3, 0.4) is 0 Å². The molecule has 2 aliphatic carbocycles. The zero-order chi connectivity index (χ0) is 29.3. The Bertz CT molecular complexity index is 1520. The Morgan fingerprint density at radius 3 is 1.70 bits per heavy atom. The van der Waals surface area contributed by atoms with Gasteiger partial charge in [0.15, 0.2) is 0 Å². The number of Topliss-reactive ketones (excluding diaryl/α,β-unsaturated/α-hetero) is 1. The molecule has 3 aromatic rings. The SMILES string of the molecule is CC1(C)C2CCC1(CS(=O)(=O)OS(c1ccccc1)(c1c(F)cc(F)cc1F)c1c(F)cc(F)cc1F)C(=O)C2. The predicted octanol–water partition coefficient (Wildman–Crippen LogP) is 7.46. The van der Waals surface area contributed by atoms with Crippen molar-refractivity contribution in [2.75, 3.05) is 5.75 Å². The molecule has 0 N–H and O–H groups in total. The van der Waals surface area contributed by atoms with Crippen LogP contribution >= 0.6 is 10.3 Å². The van der Waals surface area contributed by atoms with Gasteiger partial charge in [-0.05, 0) is 46.6 Å². The summed E-state index contributed by atoms with van der Waals surface area (Å²) in [5, 5.41) is 0. The zero-order valence-corrected chi connectivity index (χ0v) is 23.0. The average Bonchev–Trinajstić information content (AvgIpc) is 3.17. The van der Waals surface area contributed by atoms with Crippen LogP contribution < -0.4 is 0 Å². The molecule has 3 aromatic carbocycles. The molecule has 2 fully saturated rings. The lowest BCUT2D eigenvalue weighted by molar-refractivity contribution is -0.128. The van der Waals surface area contributed by atoms with Gasteiger partial charge in [0.05, 0.1) is 21.0 Å². The third-order valence-corrected chi connectivity index (χ3v) is 13.7. The molecule has 0 radical (unpaired) electrons. The highest BCUT2D eigenvalue weighted by Crippen LogP contribution is 2.73. The Morgan fingerprint density at radius 2 is 1.30 bits per heavy atom. The van der Waals surface area contributed by atoms with Crippen molar-refractivity contribution in [1.29, 1.82) is 0 Å². The molecule has 2 saturated carbocycles. The molecule has 0 saturated heterocycles. The van der Waals surface area contributed by atoms with Crippen LogP contribution in [0.1, 0.15) is 33.1 Å². The van der Waals surface area contributed by atoms with E-state index < -0.39 is 81.7 Å². The monoisotopic (exact) mass is 602 g/mol. The van der Waals surface area contributed by atoms with Gasteiger partial charge in [-0.3, -0.25) is 4.79 Å². The minimum Gasteiger partial charge on any atom is -0.299 e. The van der Waals surface area contributed by atoms with Gasteiger partial charge in [-0.2, -0.15) is 8.42 Å². The van der Waals surface area contributed by atoms with Crippen molar-refractivity contribution in [2.45, 2.75) is 47.8 Å². The highest BCUT2D eigenvalue weighted by Gasteiger charge is 2.66. The predicted molar refractivity (Wildman–Crippen MR) is 135 cm³/mol. The molecule has 0 aromatic heterocycles. The Balaban J connectivity index is 1.82. The van der Waals surface area contributed by atoms with E-state index in [4.69, 9.17) is 3.63 Å². The molecule has 0 heterocycles. The number of ketones is 1. The summed E-state index contributed by atoms with van der Waals surface area (Å²) in [6, 6.07) is 7.27. The van der Waals surface area contributed by atoms with Gasteiger partial charge in [0, 0.05) is 35.6 Å². The molecule has 0 aliphatic heterocycles. The Hall–Kier alpha value is -2.83. The first-order valence-corrected chi connectivity index (χ1v) is 15.4. The summed E-state index contributed by atoms with van der Waals surface area (Å²) in [5.74, 6) is -10.8. The number of rotatable bonds is 7. The van der Waals surface area contributed by atoms with Gasteiger partial charge in [0.2, 0.25) is 0 Å². The molecule has 4 nitrogen and oxygen atoms in total. The van der Waals surface area contributed by atoms with E-state index >= 15 is 17.6 Å². The number of hydrogen-bond acceptors (Lipinski definition) is 4. The quantitative estimate of drug-likeness (QED) is 0.264. The van der Waals surface area contributed by atoms with E-state index in [0.717, 1.165) is 12.1 Å². The molecule has 5 rings (SSSR count). The summed E-state index contributed by atoms with van der Waals surface area (Å²) in [5.41, 5.74) is -2.18. The fourth-order valence-electron chi connectivity index (χ4n) is 6.25. The summed E-state index contributed by atoms with van der Waals surface area (Å²) in [6.45, 7) is 3.50. The number of carbonyl (C=O) groups is 1. The molecule has 2 unspecified atom stereocenters. The number of benzene rings is 3. The van der Waals surface area contributed by atoms with Crippen molar-refractivity contribution in [3.05, 3.63) is 89.5 Å². The lowest BCUT2D eigenvalue weighted by atomic mass is 9.70. The van der Waals surface area contributed by atoms with E-state index in [1.165, 1.54) is 18.2 Å². The largest absolute Gasteiger partial charge is 0.299 e. The molecule has 2 aliphatic rings. The smallest absolute Gasteiger partial charge is 0.278 e. The van der Waals surface area contributed by atoms with Crippen LogP contribution in [0.5, 0.6) is 0 Å². The summed E-state index contributed by atoms with van der Waals surface area (Å²) >= 11 is 0. The lowest BCUT2D eigenvalue weighted by Gasteiger charge is -2.41. The van der Waals surface area contributed by atoms with Crippen LogP contribution in [-0.4, -0.2) is 20.0 Å². The van der Waals surface area contributed by atoms with Gasteiger partial charge >= 0.3 is 0 Å². The number of fused-ring (bicyclic) bond motifs is 2. The highest BCUT2D eigenvalue weighted by atomic mass is 32.3. The molecule has 2 atom stereocenters. The number of hydrogen-bond donors (Lipinski definition) is 0. The molecular formula is C28H24F6O4S2. The van der Waals surface area contributed by atoms with Crippen molar-refractivity contribution in [3.63, 3.8) is 0 Å². The van der Waals surface area contributed by atoms with Gasteiger partial charge in [0.25, 0.3) is 10.1 Å². The maximum absolute atomic E-state index is 15.5. The van der Waals surface area contributed by atoms with Gasteiger partial charge in [-0.15, -0.1) is 0 Å². The van der Waals surface area contributed by atoms with E-state index in [2.05, 4.69) is 0 Å². The van der Waals surface area contributed by atoms with Crippen molar-refractivity contribution in [2.24, 2.45) is 16.7 Å². The van der Waals surface area contributed by atoms with Crippen LogP contribution in [0.15, 0.2) is 69.3 Å². The Morgan fingerprint density at radius 1 is 0.825 bits per heavy atom. The maximum Gasteiger partial charge on any atom is 0.278 e. The first-order valence-electron chi connectivity index (χ1n) is 12.3. The summed E-state index contributed by atoms with van der Waals surface area (Å²) < 4.78 is 124. The first-order chi connectivity index (χ1) is 18.6. The van der Waals surface area contributed by atoms with Crippen LogP contribution in [0.4, 0.5) is 26.3 Å². The average molecular weight is 603 g/mol. The highest BCUT2D eigenvalue weighted by molar-refractivity contribution is 8.33. The molecule has 2 bridgehead atoms. The minimum atomic E-state index is -5.04. The lowest BCUT2D eigenvalue weighted by Crippen LogP contribution is -2.42. The van der Waals surface area contributed by atoms with Gasteiger partial charge < -0.3 is 0 Å². The van der Waals surface area contributed by atoms with Gasteiger partial charge in [-0.1, -0.05) is 32.0 Å². The maximum atomic E-state index is 15.5. The second kappa shape index (κ2) is 9.63. The summed E-state index contributed by atoms with van der Waals surface area (Å²) in [7, 11) is -9.64. The first kappa shape index (κ1) is 28.7. The van der Waals surface area contributed by atoms with Gasteiger partial charge in [0.1, 0.15) is 40.7 Å². The standard InChI is InChI=1S/C28H24F6O4S2/c1-27(2)16-8-9-28(27,24(35)10-16)15-39(36,37)38-40(19-6-4-3-5-7-19,25-20(31)11-17(29)12-21(25)32)26-22(33)13-18(30)14-23(26)34/h3-7,11-14,16H,8-10,15H2,1-2H3. The second-order valence-electron chi connectivity index (χ2n) is 10.7. The van der Waals surface area contributed by atoms with Crippen molar-refractivity contribution in [1.82, 2.24) is 0 Å². The van der Waals surface area contributed by atoms with Gasteiger partial charge in [-0.25, -0.2) is 30.0 Å². The molecule has 0 amide bonds. The van der Waals surface area contributed by atoms with E-state index in [0.29, 0.717) is 6.42 Å². The minimum absolute atomic E-state index is 0.0968. The van der Waals surface area contributed by atoms with E-state index in [1.54, 1.807) is 13.8 Å². The molecule has 0 spiro atoms. The summed E-state index contributed by atoms with van der Waals surface area (Å²) in [6.07, 6.45) is 0.910. The topological polar surface area (TPSA) is 60.4 Å². The fourth-order valence-corrected chi connectivity index (χ4v) is 12.4. The third-order valence-electron chi connectivity index (χ3n) is 8.34. The fraction of sp³-hybridized carbons (Fsp3) is 0.321. The summed E-state index contributed by atoms with van der Waals surface area (Å²) in [4.78, 5) is 10.2. The number of halogens is 6. The van der Waals surface area contributed by atoms with Crippen molar-refractivity contribution in [3.8, 4) is 0 Å². The molecule has 40 heavy (non-hydrogen) atoms. The Labute approximate surface area is 229 Å². The molecular weight excluding hydrogens is 578 g/mol. The van der Waals surface area contributed by atoms with Crippen molar-refractivity contribution < 1.29 is 43.2 Å². The van der Waals surface area contributed by atoms with E-state index in [-0.39, 0.29) is 53.7 Å². The molecule has 12 heteroatoms. The van der Waals surface area contributed by atoms with Crippen LogP contribution in [0.25, 0.3) is 0 Å². The van der Waals surface area contributed by atoms with Crippen molar-refractivity contribution >= 4 is 26.2 Å².